The Bertz CT molecular complexity index is 363. The lowest BCUT2D eigenvalue weighted by molar-refractivity contribution is -0.130. The molecule has 2 rings (SSSR count). The number of amides is 1. The lowest BCUT2D eigenvalue weighted by Gasteiger charge is -2.22. The van der Waals surface area contributed by atoms with Gasteiger partial charge in [-0.25, -0.2) is 0 Å². The molecule has 1 aromatic carbocycles. The van der Waals surface area contributed by atoms with Crippen molar-refractivity contribution in [1.82, 2.24) is 5.48 Å². The minimum Gasteiger partial charge on any atom is -0.399 e. The Labute approximate surface area is 75.6 Å². The van der Waals surface area contributed by atoms with Crippen LogP contribution in [0.3, 0.4) is 0 Å². The average molecular weight is 178 g/mol. The molecule has 1 aliphatic heterocycles. The second-order valence-electron chi connectivity index (χ2n) is 3.09. The number of fused-ring (bicyclic) bond motifs is 1. The molecule has 68 valence electrons. The molecule has 1 heterocycles. The molecule has 13 heavy (non-hydrogen) atoms. The monoisotopic (exact) mass is 178 g/mol. The zero-order chi connectivity index (χ0) is 9.42. The van der Waals surface area contributed by atoms with Gasteiger partial charge in [0.25, 0.3) is 5.91 Å². The van der Waals surface area contributed by atoms with Crippen molar-refractivity contribution in [3.05, 3.63) is 23.8 Å². The summed E-state index contributed by atoms with van der Waals surface area (Å²) in [5.41, 5.74) is 9.39. The Kier molecular flexibility index (Phi) is 1.62. The molecule has 0 aliphatic carbocycles. The third-order valence-electron chi connectivity index (χ3n) is 2.16. The van der Waals surface area contributed by atoms with Gasteiger partial charge in [0, 0.05) is 17.3 Å². The van der Waals surface area contributed by atoms with Gasteiger partial charge in [-0.05, 0) is 13.0 Å². The van der Waals surface area contributed by atoms with E-state index in [1.54, 1.807) is 12.1 Å². The topological polar surface area (TPSA) is 64.3 Å². The van der Waals surface area contributed by atoms with Gasteiger partial charge in [0.2, 0.25) is 0 Å². The summed E-state index contributed by atoms with van der Waals surface area (Å²) in [5.74, 6) is 0.328. The van der Waals surface area contributed by atoms with E-state index in [0.717, 1.165) is 5.56 Å². The molecule has 4 nitrogen and oxygen atoms in total. The molecule has 0 radical (unpaired) electrons. The summed E-state index contributed by atoms with van der Waals surface area (Å²) in [6.07, 6.45) is 0. The van der Waals surface area contributed by atoms with Crippen LogP contribution in [-0.4, -0.2) is 5.91 Å². The maximum Gasteiger partial charge on any atom is 0.259 e. The lowest BCUT2D eigenvalue weighted by Crippen LogP contribution is -2.35. The van der Waals surface area contributed by atoms with E-state index in [4.69, 9.17) is 10.6 Å². The normalized spacial score (nSPS) is 20.1. The predicted octanol–water partition coefficient (Wildman–Crippen LogP) is 0.796. The average Bonchev–Trinajstić information content (AvgIpc) is 2.12. The molecule has 1 atom stereocenters. The molecule has 1 unspecified atom stereocenters. The lowest BCUT2D eigenvalue weighted by atomic mass is 9.98. The van der Waals surface area contributed by atoms with Crippen molar-refractivity contribution in [2.45, 2.75) is 12.8 Å². The zero-order valence-electron chi connectivity index (χ0n) is 7.20. The van der Waals surface area contributed by atoms with E-state index in [2.05, 4.69) is 5.48 Å². The van der Waals surface area contributed by atoms with E-state index in [-0.39, 0.29) is 11.8 Å². The Hall–Kier alpha value is -1.71. The van der Waals surface area contributed by atoms with Crippen LogP contribution in [0.1, 0.15) is 18.4 Å². The van der Waals surface area contributed by atoms with Crippen LogP contribution in [0.2, 0.25) is 0 Å². The van der Waals surface area contributed by atoms with Gasteiger partial charge >= 0.3 is 0 Å². The number of rotatable bonds is 0. The van der Waals surface area contributed by atoms with Crippen LogP contribution >= 0.6 is 0 Å². The number of carbonyl (C=O) groups excluding carboxylic acids is 1. The molecule has 3 N–H and O–H groups in total. The fourth-order valence-corrected chi connectivity index (χ4v) is 1.33. The molecule has 1 aliphatic rings. The molecule has 0 spiro atoms. The van der Waals surface area contributed by atoms with Crippen LogP contribution in [0.4, 0.5) is 5.69 Å². The molecular weight excluding hydrogens is 168 g/mol. The fraction of sp³-hybridized carbons (Fsp3) is 0.222. The van der Waals surface area contributed by atoms with Crippen LogP contribution in [0, 0.1) is 0 Å². The summed E-state index contributed by atoms with van der Waals surface area (Å²) >= 11 is 0. The van der Waals surface area contributed by atoms with Crippen LogP contribution in [0.15, 0.2) is 18.2 Å². The van der Waals surface area contributed by atoms with Crippen molar-refractivity contribution in [1.29, 1.82) is 0 Å². The van der Waals surface area contributed by atoms with E-state index in [1.165, 1.54) is 0 Å². The Morgan fingerprint density at radius 2 is 2.31 bits per heavy atom. The SMILES string of the molecule is CC1C(=O)NOc2cc(N)ccc21. The van der Waals surface area contributed by atoms with E-state index in [0.29, 0.717) is 11.4 Å². The molecular formula is C9H10N2O2. The summed E-state index contributed by atoms with van der Waals surface area (Å²) in [7, 11) is 0. The molecule has 1 amide bonds. The Morgan fingerprint density at radius 3 is 3.08 bits per heavy atom. The Balaban J connectivity index is 2.49. The van der Waals surface area contributed by atoms with Gasteiger partial charge < -0.3 is 10.6 Å². The van der Waals surface area contributed by atoms with Crippen LogP contribution in [-0.2, 0) is 4.79 Å². The van der Waals surface area contributed by atoms with Gasteiger partial charge in [0.15, 0.2) is 5.75 Å². The number of hydrogen-bond donors (Lipinski definition) is 2. The van der Waals surface area contributed by atoms with Crippen molar-refractivity contribution in [2.24, 2.45) is 0 Å². The number of nitrogen functional groups attached to an aromatic ring is 1. The van der Waals surface area contributed by atoms with Crippen molar-refractivity contribution in [3.63, 3.8) is 0 Å². The predicted molar refractivity (Wildman–Crippen MR) is 48.0 cm³/mol. The summed E-state index contributed by atoms with van der Waals surface area (Å²) in [5, 5.41) is 0. The second kappa shape index (κ2) is 2.65. The number of nitrogens with two attached hydrogens (primary N) is 1. The van der Waals surface area contributed by atoms with Crippen molar-refractivity contribution in [3.8, 4) is 5.75 Å². The third kappa shape index (κ3) is 1.20. The van der Waals surface area contributed by atoms with Gasteiger partial charge in [-0.3, -0.25) is 4.79 Å². The minimum absolute atomic E-state index is 0.128. The number of anilines is 1. The smallest absolute Gasteiger partial charge is 0.259 e. The molecule has 1 aromatic rings. The molecule has 0 saturated heterocycles. The standard InChI is InChI=1S/C9H10N2O2/c1-5-7-3-2-6(10)4-8(7)13-11-9(5)12/h2-5H,10H2,1H3,(H,11,12). The molecule has 0 aromatic heterocycles. The summed E-state index contributed by atoms with van der Waals surface area (Å²) in [6, 6.07) is 5.27. The fourth-order valence-electron chi connectivity index (χ4n) is 1.33. The third-order valence-corrected chi connectivity index (χ3v) is 2.16. The first-order valence-corrected chi connectivity index (χ1v) is 4.04. The number of hydroxylamine groups is 1. The van der Waals surface area contributed by atoms with Crippen molar-refractivity contribution in [2.75, 3.05) is 5.73 Å². The summed E-state index contributed by atoms with van der Waals surface area (Å²) in [4.78, 5) is 16.2. The van der Waals surface area contributed by atoms with E-state index < -0.39 is 0 Å². The number of hydrogen-bond acceptors (Lipinski definition) is 3. The Morgan fingerprint density at radius 1 is 1.54 bits per heavy atom. The highest BCUT2D eigenvalue weighted by atomic mass is 16.7. The largest absolute Gasteiger partial charge is 0.399 e. The minimum atomic E-state index is -0.177. The highest BCUT2D eigenvalue weighted by Gasteiger charge is 2.24. The first kappa shape index (κ1) is 7.91. The maximum absolute atomic E-state index is 11.2. The molecule has 4 heteroatoms. The number of benzene rings is 1. The van der Waals surface area contributed by atoms with Gasteiger partial charge in [-0.15, -0.1) is 0 Å². The van der Waals surface area contributed by atoms with Crippen molar-refractivity contribution >= 4 is 11.6 Å². The first-order chi connectivity index (χ1) is 6.18. The summed E-state index contributed by atoms with van der Waals surface area (Å²) < 4.78 is 0. The highest BCUT2D eigenvalue weighted by molar-refractivity contribution is 5.85. The zero-order valence-corrected chi connectivity index (χ0v) is 7.20. The molecule has 0 saturated carbocycles. The van der Waals surface area contributed by atoms with E-state index >= 15 is 0 Å². The van der Waals surface area contributed by atoms with Crippen LogP contribution in [0.5, 0.6) is 5.75 Å². The van der Waals surface area contributed by atoms with E-state index in [1.807, 2.05) is 13.0 Å². The van der Waals surface area contributed by atoms with Gasteiger partial charge in [0.1, 0.15) is 0 Å². The maximum atomic E-state index is 11.2. The van der Waals surface area contributed by atoms with Gasteiger partial charge in [-0.2, -0.15) is 5.48 Å². The molecule has 0 fully saturated rings. The van der Waals surface area contributed by atoms with Crippen LogP contribution < -0.4 is 16.1 Å². The quantitative estimate of drug-likeness (QED) is 0.577. The molecule has 0 bridgehead atoms. The van der Waals surface area contributed by atoms with Gasteiger partial charge in [0.05, 0.1) is 5.92 Å². The second-order valence-corrected chi connectivity index (χ2v) is 3.09. The first-order valence-electron chi connectivity index (χ1n) is 4.04. The highest BCUT2D eigenvalue weighted by Crippen LogP contribution is 2.31. The van der Waals surface area contributed by atoms with Crippen molar-refractivity contribution < 1.29 is 9.63 Å². The van der Waals surface area contributed by atoms with Gasteiger partial charge in [-0.1, -0.05) is 6.07 Å². The number of carbonyl (C=O) groups is 1. The number of nitrogens with one attached hydrogen (secondary N) is 1. The summed E-state index contributed by atoms with van der Waals surface area (Å²) in [6.45, 7) is 1.83. The van der Waals surface area contributed by atoms with E-state index in [9.17, 15) is 4.79 Å². The van der Waals surface area contributed by atoms with Crippen LogP contribution in [0.25, 0.3) is 0 Å².